The van der Waals surface area contributed by atoms with Crippen molar-refractivity contribution in [3.05, 3.63) is 70.6 Å². The molecule has 0 unspecified atom stereocenters. The van der Waals surface area contributed by atoms with Gasteiger partial charge >= 0.3 is 0 Å². The predicted octanol–water partition coefficient (Wildman–Crippen LogP) is 4.68. The van der Waals surface area contributed by atoms with E-state index in [9.17, 15) is 0 Å². The van der Waals surface area contributed by atoms with Gasteiger partial charge in [0, 0.05) is 11.7 Å². The van der Waals surface area contributed by atoms with Crippen molar-refractivity contribution in [3.63, 3.8) is 0 Å². The average molecular weight is 294 g/mol. The zero-order chi connectivity index (χ0) is 14.7. The van der Waals surface area contributed by atoms with Gasteiger partial charge in [0.1, 0.15) is 0 Å². The second-order valence-electron chi connectivity index (χ2n) is 5.23. The topological polar surface area (TPSA) is 15.6 Å². The molecule has 0 saturated carbocycles. The molecule has 3 rings (SSSR count). The summed E-state index contributed by atoms with van der Waals surface area (Å²) >= 11 is 1.79. The van der Waals surface area contributed by atoms with Gasteiger partial charge in [-0.2, -0.15) is 5.10 Å². The van der Waals surface area contributed by atoms with Crippen LogP contribution in [0.2, 0.25) is 0 Å². The Kier molecular flexibility index (Phi) is 4.02. The van der Waals surface area contributed by atoms with Crippen molar-refractivity contribution >= 4 is 27.6 Å². The molecule has 0 aliphatic carbocycles. The van der Waals surface area contributed by atoms with Gasteiger partial charge in [-0.05, 0) is 34.9 Å². The summed E-state index contributed by atoms with van der Waals surface area (Å²) in [6.45, 7) is 2.91. The van der Waals surface area contributed by atoms with Crippen LogP contribution >= 0.6 is 11.3 Å². The summed E-state index contributed by atoms with van der Waals surface area (Å²) in [5.41, 5.74) is 3.72. The van der Waals surface area contributed by atoms with Gasteiger partial charge in [0.05, 0.1) is 12.8 Å². The summed E-state index contributed by atoms with van der Waals surface area (Å²) in [6, 6.07) is 17.0. The number of thiophene rings is 1. The Labute approximate surface area is 129 Å². The van der Waals surface area contributed by atoms with Crippen molar-refractivity contribution in [2.24, 2.45) is 5.10 Å². The van der Waals surface area contributed by atoms with Crippen LogP contribution in [0.4, 0.5) is 0 Å². The smallest absolute Gasteiger partial charge is 0.0621 e. The van der Waals surface area contributed by atoms with E-state index in [-0.39, 0.29) is 0 Å². The zero-order valence-corrected chi connectivity index (χ0v) is 13.1. The molecule has 0 fully saturated rings. The molecule has 0 N–H and O–H groups in total. The second kappa shape index (κ2) is 6.10. The maximum absolute atomic E-state index is 4.52. The molecule has 106 valence electrons. The lowest BCUT2D eigenvalue weighted by Gasteiger charge is -2.13. The van der Waals surface area contributed by atoms with Gasteiger partial charge in [-0.1, -0.05) is 48.0 Å². The molecule has 1 aromatic heterocycles. The number of hydrogen-bond acceptors (Lipinski definition) is 3. The van der Waals surface area contributed by atoms with Crippen LogP contribution in [0, 0.1) is 6.92 Å². The third-order valence-corrected chi connectivity index (χ3v) is 4.45. The van der Waals surface area contributed by atoms with Crippen molar-refractivity contribution < 1.29 is 0 Å². The Balaban J connectivity index is 1.73. The second-order valence-corrected chi connectivity index (χ2v) is 6.14. The Hall–Kier alpha value is -2.13. The van der Waals surface area contributed by atoms with E-state index in [2.05, 4.69) is 65.9 Å². The highest BCUT2D eigenvalue weighted by molar-refractivity contribution is 7.17. The molecule has 0 aliphatic heterocycles. The van der Waals surface area contributed by atoms with Crippen LogP contribution in [0.15, 0.2) is 59.0 Å². The van der Waals surface area contributed by atoms with Gasteiger partial charge in [-0.15, -0.1) is 11.3 Å². The largest absolute Gasteiger partial charge is 0.296 e. The fourth-order valence-electron chi connectivity index (χ4n) is 2.28. The quantitative estimate of drug-likeness (QED) is 0.504. The lowest BCUT2D eigenvalue weighted by atomic mass is 10.1. The number of fused-ring (bicyclic) bond motifs is 1. The third-order valence-electron chi connectivity index (χ3n) is 3.44. The van der Waals surface area contributed by atoms with Crippen LogP contribution in [0.3, 0.4) is 0 Å². The van der Waals surface area contributed by atoms with E-state index >= 15 is 0 Å². The minimum Gasteiger partial charge on any atom is -0.296 e. The summed E-state index contributed by atoms with van der Waals surface area (Å²) in [4.78, 5) is 0. The van der Waals surface area contributed by atoms with Gasteiger partial charge in [0.15, 0.2) is 0 Å². The van der Waals surface area contributed by atoms with Crippen LogP contribution in [0.5, 0.6) is 0 Å². The lowest BCUT2D eigenvalue weighted by molar-refractivity contribution is 0.350. The van der Waals surface area contributed by atoms with E-state index in [1.54, 1.807) is 11.3 Å². The fourth-order valence-corrected chi connectivity index (χ4v) is 3.19. The predicted molar refractivity (Wildman–Crippen MR) is 92.1 cm³/mol. The molecule has 0 aliphatic rings. The standard InChI is InChI=1S/C18H18N2S/c1-14-6-8-15(9-7-14)12-19-20(2)13-17-5-3-4-16-10-11-21-18(16)17/h3-12H,13H2,1-2H3/b19-12-. The van der Waals surface area contributed by atoms with E-state index < -0.39 is 0 Å². The number of hydrogen-bond donors (Lipinski definition) is 0. The average Bonchev–Trinajstić information content (AvgIpc) is 2.96. The summed E-state index contributed by atoms with van der Waals surface area (Å²) in [6.07, 6.45) is 1.91. The Morgan fingerprint density at radius 2 is 1.90 bits per heavy atom. The molecule has 0 bridgehead atoms. The van der Waals surface area contributed by atoms with Gasteiger partial charge in [-0.3, -0.25) is 5.01 Å². The van der Waals surface area contributed by atoms with Gasteiger partial charge < -0.3 is 0 Å². The molecule has 0 radical (unpaired) electrons. The van der Waals surface area contributed by atoms with E-state index in [0.717, 1.165) is 12.1 Å². The minimum absolute atomic E-state index is 0.820. The lowest BCUT2D eigenvalue weighted by Crippen LogP contribution is -2.10. The molecule has 3 aromatic rings. The number of hydrazone groups is 1. The van der Waals surface area contributed by atoms with E-state index in [1.165, 1.54) is 21.2 Å². The highest BCUT2D eigenvalue weighted by Crippen LogP contribution is 2.25. The molecule has 2 nitrogen and oxygen atoms in total. The highest BCUT2D eigenvalue weighted by atomic mass is 32.1. The van der Waals surface area contributed by atoms with Crippen LogP contribution in [0.25, 0.3) is 10.1 Å². The molecular formula is C18H18N2S. The van der Waals surface area contributed by atoms with Gasteiger partial charge in [0.2, 0.25) is 0 Å². The first-order chi connectivity index (χ1) is 10.2. The molecule has 2 aromatic carbocycles. The van der Waals surface area contributed by atoms with E-state index in [0.29, 0.717) is 0 Å². The van der Waals surface area contributed by atoms with Crippen LogP contribution in [0.1, 0.15) is 16.7 Å². The minimum atomic E-state index is 0.820. The molecule has 0 amide bonds. The zero-order valence-electron chi connectivity index (χ0n) is 12.3. The molecule has 1 heterocycles. The van der Waals surface area contributed by atoms with Gasteiger partial charge in [-0.25, -0.2) is 0 Å². The van der Waals surface area contributed by atoms with Gasteiger partial charge in [0.25, 0.3) is 0 Å². The third kappa shape index (κ3) is 3.31. The van der Waals surface area contributed by atoms with Crippen molar-refractivity contribution in [1.82, 2.24) is 5.01 Å². The van der Waals surface area contributed by atoms with Crippen LogP contribution in [-0.4, -0.2) is 18.3 Å². The number of rotatable bonds is 4. The monoisotopic (exact) mass is 294 g/mol. The van der Waals surface area contributed by atoms with Crippen LogP contribution < -0.4 is 0 Å². The number of nitrogens with zero attached hydrogens (tertiary/aromatic N) is 2. The molecular weight excluding hydrogens is 276 g/mol. The SMILES string of the molecule is Cc1ccc(/C=N\N(C)Cc2cccc3ccsc23)cc1. The molecule has 0 saturated heterocycles. The van der Waals surface area contributed by atoms with Crippen molar-refractivity contribution in [2.75, 3.05) is 7.05 Å². The fraction of sp³-hybridized carbons (Fsp3) is 0.167. The maximum Gasteiger partial charge on any atom is 0.0621 e. The molecule has 0 spiro atoms. The van der Waals surface area contributed by atoms with E-state index in [1.807, 2.05) is 18.3 Å². The first kappa shape index (κ1) is 13.8. The Morgan fingerprint density at radius 3 is 2.71 bits per heavy atom. The summed E-state index contributed by atoms with van der Waals surface area (Å²) < 4.78 is 1.36. The van der Waals surface area contributed by atoms with Crippen molar-refractivity contribution in [3.8, 4) is 0 Å². The summed E-state index contributed by atoms with van der Waals surface area (Å²) in [5.74, 6) is 0. The normalized spacial score (nSPS) is 11.3. The molecule has 0 atom stereocenters. The molecule has 21 heavy (non-hydrogen) atoms. The van der Waals surface area contributed by atoms with E-state index in [4.69, 9.17) is 0 Å². The van der Waals surface area contributed by atoms with Crippen molar-refractivity contribution in [2.45, 2.75) is 13.5 Å². The first-order valence-corrected chi connectivity index (χ1v) is 7.87. The van der Waals surface area contributed by atoms with Crippen molar-refractivity contribution in [1.29, 1.82) is 0 Å². The summed E-state index contributed by atoms with van der Waals surface area (Å²) in [7, 11) is 2.01. The Bertz CT molecular complexity index is 756. The number of benzene rings is 2. The highest BCUT2D eigenvalue weighted by Gasteiger charge is 2.03. The number of aryl methyl sites for hydroxylation is 1. The Morgan fingerprint density at radius 1 is 1.10 bits per heavy atom. The van der Waals surface area contributed by atoms with Crippen LogP contribution in [-0.2, 0) is 6.54 Å². The first-order valence-electron chi connectivity index (χ1n) is 6.99. The maximum atomic E-state index is 4.52. The summed E-state index contributed by atoms with van der Waals surface area (Å²) in [5, 5.41) is 9.96. The molecule has 3 heteroatoms.